The predicted molar refractivity (Wildman–Crippen MR) is 115 cm³/mol. The number of oxime groups is 1. The van der Waals surface area contributed by atoms with Gasteiger partial charge in [-0.1, -0.05) is 23.4 Å². The van der Waals surface area contributed by atoms with Crippen LogP contribution in [0.1, 0.15) is 42.4 Å². The van der Waals surface area contributed by atoms with Gasteiger partial charge in [-0.05, 0) is 43.0 Å². The third-order valence-corrected chi connectivity index (χ3v) is 5.54. The van der Waals surface area contributed by atoms with Gasteiger partial charge in [0.15, 0.2) is 0 Å². The lowest BCUT2D eigenvalue weighted by Gasteiger charge is -2.34. The number of para-hydroxylation sites is 2. The molecule has 152 valence electrons. The van der Waals surface area contributed by atoms with E-state index in [-0.39, 0.29) is 6.04 Å². The summed E-state index contributed by atoms with van der Waals surface area (Å²) < 4.78 is 0. The van der Waals surface area contributed by atoms with Crippen LogP contribution in [0.3, 0.4) is 0 Å². The maximum absolute atomic E-state index is 5.84. The molecule has 3 N–H and O–H groups in total. The van der Waals surface area contributed by atoms with Gasteiger partial charge in [0.2, 0.25) is 0 Å². The third kappa shape index (κ3) is 4.46. The summed E-state index contributed by atoms with van der Waals surface area (Å²) >= 11 is 0. The van der Waals surface area contributed by atoms with Crippen LogP contribution in [0.5, 0.6) is 0 Å². The zero-order valence-corrected chi connectivity index (χ0v) is 16.8. The minimum atomic E-state index is 0.259. The fraction of sp³-hybridized carbons (Fsp3) is 0.409. The van der Waals surface area contributed by atoms with Gasteiger partial charge in [-0.3, -0.25) is 9.88 Å². The largest absolute Gasteiger partial charge is 0.399 e. The normalized spacial score (nSPS) is 16.9. The molecular formula is C22H28N6O. The van der Waals surface area contributed by atoms with E-state index < -0.39 is 0 Å². The molecule has 29 heavy (non-hydrogen) atoms. The van der Waals surface area contributed by atoms with Crippen LogP contribution in [0.4, 0.5) is 0 Å². The molecule has 0 bridgehead atoms. The van der Waals surface area contributed by atoms with Crippen LogP contribution in [0.2, 0.25) is 0 Å². The highest BCUT2D eigenvalue weighted by Crippen LogP contribution is 2.33. The van der Waals surface area contributed by atoms with Crippen molar-refractivity contribution in [3.63, 3.8) is 0 Å². The summed E-state index contributed by atoms with van der Waals surface area (Å²) in [5.41, 5.74) is 11.3. The Morgan fingerprint density at radius 2 is 2.21 bits per heavy atom. The van der Waals surface area contributed by atoms with Crippen molar-refractivity contribution in [2.24, 2.45) is 10.9 Å². The number of imidazole rings is 1. The molecule has 0 fully saturated rings. The van der Waals surface area contributed by atoms with Gasteiger partial charge in [0.1, 0.15) is 12.9 Å². The van der Waals surface area contributed by atoms with E-state index in [4.69, 9.17) is 20.5 Å². The number of fused-ring (bicyclic) bond motifs is 2. The lowest BCUT2D eigenvalue weighted by atomic mass is 9.90. The van der Waals surface area contributed by atoms with Crippen molar-refractivity contribution in [3.05, 3.63) is 59.7 Å². The van der Waals surface area contributed by atoms with E-state index in [1.807, 2.05) is 30.5 Å². The number of rotatable bonds is 8. The Bertz CT molecular complexity index is 949. The van der Waals surface area contributed by atoms with Crippen molar-refractivity contribution in [2.75, 3.05) is 20.2 Å². The molecule has 1 aromatic carbocycles. The van der Waals surface area contributed by atoms with Crippen LogP contribution >= 0.6 is 0 Å². The molecule has 3 aromatic rings. The van der Waals surface area contributed by atoms with E-state index in [0.29, 0.717) is 6.54 Å². The van der Waals surface area contributed by atoms with Crippen molar-refractivity contribution in [1.82, 2.24) is 19.9 Å². The number of nitrogens with two attached hydrogens (primary N) is 1. The number of hydrogen-bond donors (Lipinski definition) is 2. The van der Waals surface area contributed by atoms with Crippen LogP contribution < -0.4 is 5.73 Å². The molecule has 2 aromatic heterocycles. The minimum absolute atomic E-state index is 0.259. The first-order valence-electron chi connectivity index (χ1n) is 10.2. The Balaban J connectivity index is 1.61. The molecule has 0 aliphatic heterocycles. The highest BCUT2D eigenvalue weighted by Gasteiger charge is 2.28. The first-order valence-corrected chi connectivity index (χ1v) is 10.2. The van der Waals surface area contributed by atoms with E-state index in [1.54, 1.807) is 7.11 Å². The Morgan fingerprint density at radius 1 is 1.31 bits per heavy atom. The van der Waals surface area contributed by atoms with E-state index in [0.717, 1.165) is 61.3 Å². The summed E-state index contributed by atoms with van der Waals surface area (Å²) in [6.45, 7) is 1.93. The SMILES string of the molecule is CON=C(CN)CCN(Cc1nc2ccccc2[nH]1)C1CCCc2cccnc21. The molecule has 0 saturated heterocycles. The summed E-state index contributed by atoms with van der Waals surface area (Å²) in [5.74, 6) is 0.965. The number of aromatic nitrogens is 3. The number of nitrogens with zero attached hydrogens (tertiary/aromatic N) is 4. The molecule has 4 rings (SSSR count). The molecule has 0 amide bonds. The molecule has 0 saturated carbocycles. The van der Waals surface area contributed by atoms with Gasteiger partial charge in [-0.25, -0.2) is 4.98 Å². The Hall–Kier alpha value is -2.77. The molecule has 0 spiro atoms. The van der Waals surface area contributed by atoms with Crippen molar-refractivity contribution in [1.29, 1.82) is 0 Å². The summed E-state index contributed by atoms with van der Waals surface area (Å²) in [6.07, 6.45) is 5.99. The number of nitrogens with one attached hydrogen (secondary N) is 1. The summed E-state index contributed by atoms with van der Waals surface area (Å²) in [7, 11) is 1.56. The quantitative estimate of drug-likeness (QED) is 0.454. The van der Waals surface area contributed by atoms with E-state index >= 15 is 0 Å². The van der Waals surface area contributed by atoms with Gasteiger partial charge in [-0.15, -0.1) is 0 Å². The average molecular weight is 393 g/mol. The maximum atomic E-state index is 5.84. The molecule has 2 heterocycles. The summed E-state index contributed by atoms with van der Waals surface area (Å²) in [5, 5.41) is 4.07. The zero-order valence-electron chi connectivity index (χ0n) is 16.8. The minimum Gasteiger partial charge on any atom is -0.399 e. The van der Waals surface area contributed by atoms with Crippen LogP contribution in [0, 0.1) is 0 Å². The van der Waals surface area contributed by atoms with Crippen molar-refractivity contribution in [2.45, 2.75) is 38.3 Å². The Labute approximate surface area is 171 Å². The third-order valence-electron chi connectivity index (χ3n) is 5.54. The lowest BCUT2D eigenvalue weighted by molar-refractivity contribution is 0.165. The van der Waals surface area contributed by atoms with Crippen molar-refractivity contribution in [3.8, 4) is 0 Å². The second-order valence-electron chi connectivity index (χ2n) is 7.42. The average Bonchev–Trinajstić information content (AvgIpc) is 3.17. The predicted octanol–water partition coefficient (Wildman–Crippen LogP) is 3.19. The number of hydrogen-bond acceptors (Lipinski definition) is 6. The van der Waals surface area contributed by atoms with E-state index in [1.165, 1.54) is 11.3 Å². The zero-order chi connectivity index (χ0) is 20.1. The van der Waals surface area contributed by atoms with Crippen LogP contribution in [0.15, 0.2) is 47.8 Å². The van der Waals surface area contributed by atoms with Crippen LogP contribution in [-0.4, -0.2) is 45.8 Å². The molecule has 7 heteroatoms. The molecule has 0 radical (unpaired) electrons. The standard InChI is InChI=1S/C22H28N6O/c1-29-27-17(14-23)11-13-28(15-21-25-18-8-2-3-9-19(18)26-21)20-10-4-6-16-7-5-12-24-22(16)20/h2-3,5,7-9,12,20H,4,6,10-11,13-15,23H2,1H3,(H,25,26). The number of H-pyrrole nitrogens is 1. The Morgan fingerprint density at radius 3 is 3.03 bits per heavy atom. The molecular weight excluding hydrogens is 364 g/mol. The fourth-order valence-corrected chi connectivity index (χ4v) is 4.15. The fourth-order valence-electron chi connectivity index (χ4n) is 4.15. The summed E-state index contributed by atoms with van der Waals surface area (Å²) in [4.78, 5) is 20.4. The second kappa shape index (κ2) is 9.15. The molecule has 1 aliphatic carbocycles. The lowest BCUT2D eigenvalue weighted by Crippen LogP contribution is -2.34. The number of aryl methyl sites for hydroxylation is 1. The topological polar surface area (TPSA) is 92.4 Å². The smallest absolute Gasteiger partial charge is 0.121 e. The first-order chi connectivity index (χ1) is 14.3. The van der Waals surface area contributed by atoms with Crippen LogP contribution in [-0.2, 0) is 17.8 Å². The molecule has 1 unspecified atom stereocenters. The van der Waals surface area contributed by atoms with Gasteiger partial charge in [0, 0.05) is 25.7 Å². The highest BCUT2D eigenvalue weighted by atomic mass is 16.6. The number of pyridine rings is 1. The molecule has 1 atom stereocenters. The van der Waals surface area contributed by atoms with Gasteiger partial charge in [0.05, 0.1) is 35.0 Å². The van der Waals surface area contributed by atoms with Crippen LogP contribution in [0.25, 0.3) is 11.0 Å². The highest BCUT2D eigenvalue weighted by molar-refractivity contribution is 5.85. The Kier molecular flexibility index (Phi) is 6.17. The van der Waals surface area contributed by atoms with Gasteiger partial charge < -0.3 is 15.6 Å². The number of aromatic amines is 1. The van der Waals surface area contributed by atoms with E-state index in [9.17, 15) is 0 Å². The molecule has 7 nitrogen and oxygen atoms in total. The number of benzene rings is 1. The van der Waals surface area contributed by atoms with E-state index in [2.05, 4.69) is 27.2 Å². The maximum Gasteiger partial charge on any atom is 0.121 e. The van der Waals surface area contributed by atoms with Crippen molar-refractivity contribution < 1.29 is 4.84 Å². The second-order valence-corrected chi connectivity index (χ2v) is 7.42. The van der Waals surface area contributed by atoms with Crippen molar-refractivity contribution >= 4 is 16.7 Å². The molecule has 1 aliphatic rings. The van der Waals surface area contributed by atoms with Gasteiger partial charge in [0.25, 0.3) is 0 Å². The first kappa shape index (κ1) is 19.5. The van der Waals surface area contributed by atoms with Gasteiger partial charge in [-0.2, -0.15) is 0 Å². The van der Waals surface area contributed by atoms with Gasteiger partial charge >= 0.3 is 0 Å². The monoisotopic (exact) mass is 392 g/mol. The summed E-state index contributed by atoms with van der Waals surface area (Å²) in [6, 6.07) is 12.6.